The van der Waals surface area contributed by atoms with Crippen LogP contribution in [0.2, 0.25) is 0 Å². The predicted molar refractivity (Wildman–Crippen MR) is 64.4 cm³/mol. The molecule has 0 unspecified atom stereocenters. The predicted octanol–water partition coefficient (Wildman–Crippen LogP) is 3.70. The second-order valence-electron chi connectivity index (χ2n) is 3.13. The van der Waals surface area contributed by atoms with Crippen molar-refractivity contribution in [1.29, 1.82) is 0 Å². The van der Waals surface area contributed by atoms with Gasteiger partial charge in [0.1, 0.15) is 5.82 Å². The molecule has 0 spiro atoms. The smallest absolute Gasteiger partial charge is 0.129 e. The molecule has 1 heterocycles. The van der Waals surface area contributed by atoms with Gasteiger partial charge >= 0.3 is 0 Å². The molecule has 0 bridgehead atoms. The van der Waals surface area contributed by atoms with E-state index in [4.69, 9.17) is 5.73 Å². The molecule has 0 fully saturated rings. The fourth-order valence-corrected chi connectivity index (χ4v) is 2.74. The van der Waals surface area contributed by atoms with Crippen LogP contribution in [0.4, 0.5) is 4.39 Å². The number of rotatable bonds is 2. The van der Waals surface area contributed by atoms with Crippen molar-refractivity contribution in [3.63, 3.8) is 0 Å². The van der Waals surface area contributed by atoms with Gasteiger partial charge in [0.05, 0.1) is 6.04 Å². The molecule has 0 radical (unpaired) electrons. The lowest BCUT2D eigenvalue weighted by Gasteiger charge is -2.12. The van der Waals surface area contributed by atoms with Crippen LogP contribution in [0.3, 0.4) is 0 Å². The summed E-state index contributed by atoms with van der Waals surface area (Å²) in [4.78, 5) is 0.959. The highest BCUT2D eigenvalue weighted by Crippen LogP contribution is 2.30. The molecule has 15 heavy (non-hydrogen) atoms. The van der Waals surface area contributed by atoms with E-state index in [1.807, 2.05) is 17.5 Å². The maximum Gasteiger partial charge on any atom is 0.129 e. The van der Waals surface area contributed by atoms with Crippen molar-refractivity contribution in [3.8, 4) is 0 Å². The molecule has 0 aliphatic rings. The summed E-state index contributed by atoms with van der Waals surface area (Å²) in [6.45, 7) is 0. The lowest BCUT2D eigenvalue weighted by molar-refractivity contribution is 0.599. The minimum Gasteiger partial charge on any atom is -0.319 e. The Morgan fingerprint density at radius 3 is 2.67 bits per heavy atom. The number of hydrogen-bond acceptors (Lipinski definition) is 2. The number of thiophene rings is 1. The molecule has 1 aromatic carbocycles. The van der Waals surface area contributed by atoms with E-state index in [0.717, 1.165) is 4.88 Å². The number of hydrogen-bond donors (Lipinski definition) is 1. The second-order valence-corrected chi connectivity index (χ2v) is 4.96. The van der Waals surface area contributed by atoms with Crippen molar-refractivity contribution >= 4 is 27.3 Å². The van der Waals surface area contributed by atoms with E-state index in [9.17, 15) is 4.39 Å². The molecular formula is C11H9BrFNS. The molecule has 1 aromatic heterocycles. The first-order valence-corrected chi connectivity index (χ1v) is 6.10. The summed E-state index contributed by atoms with van der Waals surface area (Å²) in [5.74, 6) is -0.273. The number of benzene rings is 1. The van der Waals surface area contributed by atoms with Gasteiger partial charge in [0.25, 0.3) is 0 Å². The topological polar surface area (TPSA) is 26.0 Å². The summed E-state index contributed by atoms with van der Waals surface area (Å²) in [7, 11) is 0. The Labute approximate surface area is 99.9 Å². The first-order valence-electron chi connectivity index (χ1n) is 4.43. The molecule has 2 aromatic rings. The van der Waals surface area contributed by atoms with E-state index in [1.54, 1.807) is 12.1 Å². The fourth-order valence-electron chi connectivity index (χ4n) is 1.42. The molecular weight excluding hydrogens is 277 g/mol. The summed E-state index contributed by atoms with van der Waals surface area (Å²) < 4.78 is 14.3. The van der Waals surface area contributed by atoms with Crippen LogP contribution in [-0.2, 0) is 0 Å². The first-order chi connectivity index (χ1) is 7.20. The summed E-state index contributed by atoms with van der Waals surface area (Å²) in [5, 5.41) is 1.93. The van der Waals surface area contributed by atoms with Crippen molar-refractivity contribution in [1.82, 2.24) is 0 Å². The molecule has 1 atom stereocenters. The Balaban J connectivity index is 2.46. The quantitative estimate of drug-likeness (QED) is 0.895. The minimum atomic E-state index is -0.402. The van der Waals surface area contributed by atoms with Gasteiger partial charge in [-0.25, -0.2) is 4.39 Å². The Morgan fingerprint density at radius 2 is 2.07 bits per heavy atom. The van der Waals surface area contributed by atoms with Crippen LogP contribution >= 0.6 is 27.3 Å². The van der Waals surface area contributed by atoms with Crippen molar-refractivity contribution in [2.75, 3.05) is 0 Å². The van der Waals surface area contributed by atoms with Crippen molar-refractivity contribution in [2.24, 2.45) is 5.73 Å². The minimum absolute atomic E-state index is 0.273. The lowest BCUT2D eigenvalue weighted by Crippen LogP contribution is -2.12. The zero-order valence-electron chi connectivity index (χ0n) is 7.78. The van der Waals surface area contributed by atoms with Gasteiger partial charge < -0.3 is 5.73 Å². The molecule has 0 aliphatic carbocycles. The lowest BCUT2D eigenvalue weighted by atomic mass is 10.1. The molecule has 0 aliphatic heterocycles. The number of nitrogens with two attached hydrogens (primary N) is 1. The van der Waals surface area contributed by atoms with Crippen molar-refractivity contribution in [3.05, 3.63) is 56.4 Å². The molecule has 2 rings (SSSR count). The van der Waals surface area contributed by atoms with Gasteiger partial charge in [-0.15, -0.1) is 11.3 Å². The Morgan fingerprint density at radius 1 is 1.27 bits per heavy atom. The summed E-state index contributed by atoms with van der Waals surface area (Å²) in [6, 6.07) is 8.30. The van der Waals surface area contributed by atoms with Gasteiger partial charge in [0.15, 0.2) is 0 Å². The molecule has 4 heteroatoms. The maximum atomic E-state index is 13.6. The molecule has 0 saturated carbocycles. The van der Waals surface area contributed by atoms with Gasteiger partial charge in [0, 0.05) is 14.9 Å². The molecule has 0 amide bonds. The van der Waals surface area contributed by atoms with Gasteiger partial charge in [-0.3, -0.25) is 0 Å². The van der Waals surface area contributed by atoms with Crippen LogP contribution < -0.4 is 5.73 Å². The summed E-state index contributed by atoms with van der Waals surface area (Å²) in [6.07, 6.45) is 0. The van der Waals surface area contributed by atoms with E-state index in [1.165, 1.54) is 17.4 Å². The van der Waals surface area contributed by atoms with E-state index >= 15 is 0 Å². The highest BCUT2D eigenvalue weighted by atomic mass is 79.9. The number of halogens is 2. The maximum absolute atomic E-state index is 13.6. The van der Waals surface area contributed by atoms with E-state index < -0.39 is 6.04 Å². The third-order valence-corrected chi connectivity index (χ3v) is 3.81. The Bertz CT molecular complexity index is 435. The van der Waals surface area contributed by atoms with Crippen LogP contribution in [0.25, 0.3) is 0 Å². The van der Waals surface area contributed by atoms with E-state index in [-0.39, 0.29) is 5.82 Å². The monoisotopic (exact) mass is 285 g/mol. The summed E-state index contributed by atoms with van der Waals surface area (Å²) in [5.41, 5.74) is 6.52. The normalized spacial score (nSPS) is 12.7. The van der Waals surface area contributed by atoms with E-state index in [2.05, 4.69) is 15.9 Å². The van der Waals surface area contributed by atoms with Crippen LogP contribution in [0.15, 0.2) is 40.2 Å². The van der Waals surface area contributed by atoms with Gasteiger partial charge in [-0.05, 0) is 23.6 Å². The Kier molecular flexibility index (Phi) is 3.19. The highest BCUT2D eigenvalue weighted by Gasteiger charge is 2.17. The third kappa shape index (κ3) is 2.12. The average molecular weight is 286 g/mol. The fraction of sp³-hybridized carbons (Fsp3) is 0.0909. The molecule has 1 nitrogen and oxygen atoms in total. The van der Waals surface area contributed by atoms with Crippen molar-refractivity contribution in [2.45, 2.75) is 6.04 Å². The third-order valence-electron chi connectivity index (χ3n) is 2.16. The second kappa shape index (κ2) is 4.43. The average Bonchev–Trinajstić information content (AvgIpc) is 2.69. The van der Waals surface area contributed by atoms with Gasteiger partial charge in [-0.1, -0.05) is 28.1 Å². The molecule has 2 N–H and O–H groups in total. The summed E-state index contributed by atoms with van der Waals surface area (Å²) >= 11 is 4.85. The Hall–Kier alpha value is -0.710. The van der Waals surface area contributed by atoms with Crippen LogP contribution in [-0.4, -0.2) is 0 Å². The van der Waals surface area contributed by atoms with Crippen LogP contribution in [0, 0.1) is 5.82 Å². The SMILES string of the molecule is N[C@H](c1cccs1)c1c(F)cccc1Br. The molecule has 78 valence electrons. The zero-order valence-corrected chi connectivity index (χ0v) is 10.2. The van der Waals surface area contributed by atoms with Gasteiger partial charge in [0.2, 0.25) is 0 Å². The standard InChI is InChI=1S/C11H9BrFNS/c12-7-3-1-4-8(13)10(7)11(14)9-5-2-6-15-9/h1-6,11H,14H2/t11-/m1/s1. The highest BCUT2D eigenvalue weighted by molar-refractivity contribution is 9.10. The van der Waals surface area contributed by atoms with E-state index in [0.29, 0.717) is 10.0 Å². The van der Waals surface area contributed by atoms with Gasteiger partial charge in [-0.2, -0.15) is 0 Å². The van der Waals surface area contributed by atoms with Crippen LogP contribution in [0.1, 0.15) is 16.5 Å². The first kappa shape index (κ1) is 10.8. The molecule has 0 saturated heterocycles. The zero-order chi connectivity index (χ0) is 10.8. The largest absolute Gasteiger partial charge is 0.319 e. The van der Waals surface area contributed by atoms with Crippen molar-refractivity contribution < 1.29 is 4.39 Å². The van der Waals surface area contributed by atoms with Crippen LogP contribution in [0.5, 0.6) is 0 Å².